The third kappa shape index (κ3) is 1.64. The maximum Gasteiger partial charge on any atom is 0.228 e. The van der Waals surface area contributed by atoms with Gasteiger partial charge in [-0.05, 0) is 22.9 Å². The van der Waals surface area contributed by atoms with Crippen molar-refractivity contribution in [1.29, 1.82) is 0 Å². The predicted molar refractivity (Wildman–Crippen MR) is 66.1 cm³/mol. The number of ketones is 1. The normalized spacial score (nSPS) is 10.6. The molecular formula is C15H10O2. The average molecular weight is 222 g/mol. The van der Waals surface area contributed by atoms with E-state index in [0.717, 1.165) is 10.8 Å². The fourth-order valence-electron chi connectivity index (χ4n) is 1.96. The van der Waals surface area contributed by atoms with Crippen LogP contribution in [-0.4, -0.2) is 5.78 Å². The standard InChI is InChI=1S/C15H10O2/c16-15(14-9-4-10-17-14)13-8-3-6-11-5-1-2-7-12(11)13/h1-10H. The van der Waals surface area contributed by atoms with E-state index in [4.69, 9.17) is 4.42 Å². The lowest BCUT2D eigenvalue weighted by Gasteiger charge is -2.03. The summed E-state index contributed by atoms with van der Waals surface area (Å²) in [5.41, 5.74) is 0.679. The first-order valence-electron chi connectivity index (χ1n) is 5.42. The highest BCUT2D eigenvalue weighted by atomic mass is 16.3. The molecule has 0 aliphatic rings. The minimum Gasteiger partial charge on any atom is -0.461 e. The first kappa shape index (κ1) is 9.85. The zero-order chi connectivity index (χ0) is 11.7. The van der Waals surface area contributed by atoms with E-state index in [1.54, 1.807) is 12.1 Å². The molecule has 3 rings (SSSR count). The molecule has 2 nitrogen and oxygen atoms in total. The van der Waals surface area contributed by atoms with Crippen molar-refractivity contribution in [2.75, 3.05) is 0 Å². The molecular weight excluding hydrogens is 212 g/mol. The van der Waals surface area contributed by atoms with Crippen molar-refractivity contribution in [2.24, 2.45) is 0 Å². The molecule has 1 heterocycles. The molecule has 3 aromatic rings. The van der Waals surface area contributed by atoms with Crippen LogP contribution in [0.25, 0.3) is 10.8 Å². The number of hydrogen-bond acceptors (Lipinski definition) is 2. The lowest BCUT2D eigenvalue weighted by Crippen LogP contribution is -2.00. The summed E-state index contributed by atoms with van der Waals surface area (Å²) in [5.74, 6) is 0.299. The summed E-state index contributed by atoms with van der Waals surface area (Å²) in [4.78, 5) is 12.2. The Morgan fingerprint density at radius 3 is 2.53 bits per heavy atom. The zero-order valence-corrected chi connectivity index (χ0v) is 9.09. The quantitative estimate of drug-likeness (QED) is 0.619. The summed E-state index contributed by atoms with van der Waals surface area (Å²) >= 11 is 0. The summed E-state index contributed by atoms with van der Waals surface area (Å²) < 4.78 is 5.15. The first-order chi connectivity index (χ1) is 8.36. The van der Waals surface area contributed by atoms with Gasteiger partial charge in [-0.3, -0.25) is 4.79 Å². The van der Waals surface area contributed by atoms with Gasteiger partial charge in [-0.2, -0.15) is 0 Å². The van der Waals surface area contributed by atoms with Crippen molar-refractivity contribution in [3.05, 3.63) is 72.2 Å². The largest absolute Gasteiger partial charge is 0.461 e. The summed E-state index contributed by atoms with van der Waals surface area (Å²) in [6, 6.07) is 17.0. The van der Waals surface area contributed by atoms with Crippen LogP contribution in [0.2, 0.25) is 0 Å². The third-order valence-electron chi connectivity index (χ3n) is 2.78. The van der Waals surface area contributed by atoms with Gasteiger partial charge >= 0.3 is 0 Å². The smallest absolute Gasteiger partial charge is 0.228 e. The third-order valence-corrected chi connectivity index (χ3v) is 2.78. The Bertz CT molecular complexity index is 661. The molecule has 0 fully saturated rings. The highest BCUT2D eigenvalue weighted by Crippen LogP contribution is 2.21. The minimum absolute atomic E-state index is 0.0770. The molecule has 0 unspecified atom stereocenters. The zero-order valence-electron chi connectivity index (χ0n) is 9.09. The molecule has 0 bridgehead atoms. The van der Waals surface area contributed by atoms with E-state index in [-0.39, 0.29) is 5.78 Å². The van der Waals surface area contributed by atoms with Gasteiger partial charge in [0, 0.05) is 5.56 Å². The van der Waals surface area contributed by atoms with Crippen LogP contribution >= 0.6 is 0 Å². The van der Waals surface area contributed by atoms with Crippen molar-refractivity contribution in [2.45, 2.75) is 0 Å². The second-order valence-corrected chi connectivity index (χ2v) is 3.83. The predicted octanol–water partition coefficient (Wildman–Crippen LogP) is 3.66. The maximum atomic E-state index is 12.2. The minimum atomic E-state index is -0.0770. The van der Waals surface area contributed by atoms with Crippen LogP contribution in [0.15, 0.2) is 65.3 Å². The van der Waals surface area contributed by atoms with Gasteiger partial charge in [0.2, 0.25) is 5.78 Å². The van der Waals surface area contributed by atoms with Crippen molar-refractivity contribution >= 4 is 16.6 Å². The molecule has 82 valence electrons. The lowest BCUT2D eigenvalue weighted by molar-refractivity contribution is 0.101. The second kappa shape index (κ2) is 3.91. The molecule has 1 aromatic heterocycles. The molecule has 17 heavy (non-hydrogen) atoms. The molecule has 0 amide bonds. The first-order valence-corrected chi connectivity index (χ1v) is 5.42. The number of benzene rings is 2. The monoisotopic (exact) mass is 222 g/mol. The van der Waals surface area contributed by atoms with Crippen molar-refractivity contribution in [3.63, 3.8) is 0 Å². The van der Waals surface area contributed by atoms with E-state index in [0.29, 0.717) is 11.3 Å². The molecule has 0 N–H and O–H groups in total. The Morgan fingerprint density at radius 2 is 1.71 bits per heavy atom. The van der Waals surface area contributed by atoms with E-state index in [1.807, 2.05) is 42.5 Å². The van der Waals surface area contributed by atoms with Crippen LogP contribution in [0.3, 0.4) is 0 Å². The summed E-state index contributed by atoms with van der Waals surface area (Å²) in [6.45, 7) is 0. The number of rotatable bonds is 2. The number of carbonyl (C=O) groups is 1. The van der Waals surface area contributed by atoms with E-state index in [9.17, 15) is 4.79 Å². The van der Waals surface area contributed by atoms with E-state index >= 15 is 0 Å². The lowest BCUT2D eigenvalue weighted by atomic mass is 10.0. The van der Waals surface area contributed by atoms with Crippen molar-refractivity contribution < 1.29 is 9.21 Å². The maximum absolute atomic E-state index is 12.2. The van der Waals surface area contributed by atoms with Gasteiger partial charge in [0.15, 0.2) is 5.76 Å². The molecule has 0 atom stereocenters. The van der Waals surface area contributed by atoms with Gasteiger partial charge in [0.05, 0.1) is 6.26 Å². The van der Waals surface area contributed by atoms with E-state index < -0.39 is 0 Å². The van der Waals surface area contributed by atoms with Crippen molar-refractivity contribution in [3.8, 4) is 0 Å². The van der Waals surface area contributed by atoms with Crippen LogP contribution in [0.4, 0.5) is 0 Å². The van der Waals surface area contributed by atoms with Crippen molar-refractivity contribution in [1.82, 2.24) is 0 Å². The summed E-state index contributed by atoms with van der Waals surface area (Å²) in [6.07, 6.45) is 1.51. The number of hydrogen-bond donors (Lipinski definition) is 0. The SMILES string of the molecule is O=C(c1ccco1)c1cccc2ccccc12. The van der Waals surface area contributed by atoms with Crippen LogP contribution < -0.4 is 0 Å². The highest BCUT2D eigenvalue weighted by Gasteiger charge is 2.14. The van der Waals surface area contributed by atoms with Gasteiger partial charge in [-0.15, -0.1) is 0 Å². The molecule has 2 aromatic carbocycles. The van der Waals surface area contributed by atoms with Gasteiger partial charge < -0.3 is 4.42 Å². The number of furan rings is 1. The Morgan fingerprint density at radius 1 is 0.882 bits per heavy atom. The molecule has 0 saturated carbocycles. The van der Waals surface area contributed by atoms with Gasteiger partial charge in [0.25, 0.3) is 0 Å². The number of carbonyl (C=O) groups excluding carboxylic acids is 1. The second-order valence-electron chi connectivity index (χ2n) is 3.83. The van der Waals surface area contributed by atoms with Gasteiger partial charge in [0.1, 0.15) is 0 Å². The van der Waals surface area contributed by atoms with Crippen LogP contribution in [-0.2, 0) is 0 Å². The van der Waals surface area contributed by atoms with Crippen LogP contribution in [0, 0.1) is 0 Å². The fourth-order valence-corrected chi connectivity index (χ4v) is 1.96. The molecule has 2 heteroatoms. The molecule has 0 radical (unpaired) electrons. The number of fused-ring (bicyclic) bond motifs is 1. The summed E-state index contributed by atoms with van der Waals surface area (Å²) in [7, 11) is 0. The Kier molecular flexibility index (Phi) is 2.26. The molecule has 0 aliphatic heterocycles. The summed E-state index contributed by atoms with van der Waals surface area (Å²) in [5, 5.41) is 2.02. The fraction of sp³-hybridized carbons (Fsp3) is 0. The topological polar surface area (TPSA) is 30.2 Å². The average Bonchev–Trinajstić information content (AvgIpc) is 2.91. The van der Waals surface area contributed by atoms with Gasteiger partial charge in [-0.25, -0.2) is 0 Å². The Labute approximate surface area is 98.5 Å². The van der Waals surface area contributed by atoms with E-state index in [2.05, 4.69) is 0 Å². The Balaban J connectivity index is 2.21. The van der Waals surface area contributed by atoms with Crippen LogP contribution in [0.5, 0.6) is 0 Å². The van der Waals surface area contributed by atoms with Crippen LogP contribution in [0.1, 0.15) is 16.1 Å². The Hall–Kier alpha value is -2.35. The van der Waals surface area contributed by atoms with E-state index in [1.165, 1.54) is 6.26 Å². The van der Waals surface area contributed by atoms with Gasteiger partial charge in [-0.1, -0.05) is 42.5 Å². The molecule has 0 saturated heterocycles. The highest BCUT2D eigenvalue weighted by molar-refractivity contribution is 6.15. The molecule has 0 spiro atoms. The molecule has 0 aliphatic carbocycles.